The highest BCUT2D eigenvalue weighted by atomic mass is 16.2. The quantitative estimate of drug-likeness (QED) is 0.853. The van der Waals surface area contributed by atoms with E-state index in [1.165, 1.54) is 30.0 Å². The highest BCUT2D eigenvalue weighted by Gasteiger charge is 2.26. The fraction of sp³-hybridized carbons (Fsp3) is 0.588. The first-order valence-electron chi connectivity index (χ1n) is 7.59. The lowest BCUT2D eigenvalue weighted by molar-refractivity contribution is -0.118. The van der Waals surface area contributed by atoms with Gasteiger partial charge in [0.05, 0.1) is 5.56 Å². The highest BCUT2D eigenvalue weighted by molar-refractivity contribution is 5.92. The highest BCUT2D eigenvalue weighted by Crippen LogP contribution is 2.26. The number of rotatable bonds is 4. The van der Waals surface area contributed by atoms with Gasteiger partial charge in [-0.1, -0.05) is 20.8 Å². The lowest BCUT2D eigenvalue weighted by Crippen LogP contribution is -2.45. The molecule has 0 fully saturated rings. The van der Waals surface area contributed by atoms with Crippen LogP contribution in [0, 0.1) is 5.41 Å². The minimum Gasteiger partial charge on any atom is -0.348 e. The second-order valence-corrected chi connectivity index (χ2v) is 7.79. The van der Waals surface area contributed by atoms with E-state index in [1.807, 2.05) is 13.8 Å². The number of amides is 1. The first-order valence-corrected chi connectivity index (χ1v) is 7.59. The average Bonchev–Trinajstić information content (AvgIpc) is 2.35. The van der Waals surface area contributed by atoms with Gasteiger partial charge in [0.25, 0.3) is 5.56 Å². The van der Waals surface area contributed by atoms with E-state index in [9.17, 15) is 14.4 Å². The van der Waals surface area contributed by atoms with Crippen LogP contribution in [0.5, 0.6) is 0 Å². The number of hydrogen-bond donors (Lipinski definition) is 1. The smallest absolute Gasteiger partial charge is 0.330 e. The first-order chi connectivity index (χ1) is 10.3. The third-order valence-corrected chi connectivity index (χ3v) is 3.32. The molecule has 0 unspecified atom stereocenters. The Bertz CT molecular complexity index is 731. The molecule has 0 radical (unpaired) electrons. The Labute approximate surface area is 136 Å². The van der Waals surface area contributed by atoms with Crippen LogP contribution in [0.25, 0.3) is 6.08 Å². The Kier molecular flexibility index (Phi) is 5.40. The Morgan fingerprint density at radius 2 is 1.74 bits per heavy atom. The third kappa shape index (κ3) is 5.54. The molecule has 0 bridgehead atoms. The SMILES string of the molecule is Cn1cc(C=CC(=O)NC(C)(C)CC(C)(C)C)c(=O)n(C)c1=O. The van der Waals surface area contributed by atoms with Gasteiger partial charge in [0.15, 0.2) is 0 Å². The third-order valence-electron chi connectivity index (χ3n) is 3.32. The summed E-state index contributed by atoms with van der Waals surface area (Å²) in [6.45, 7) is 10.3. The van der Waals surface area contributed by atoms with Crippen molar-refractivity contribution >= 4 is 12.0 Å². The molecule has 6 heteroatoms. The molecular formula is C17H27N3O3. The normalized spacial score (nSPS) is 12.7. The van der Waals surface area contributed by atoms with Gasteiger partial charge in [-0.15, -0.1) is 0 Å². The van der Waals surface area contributed by atoms with Crippen LogP contribution in [-0.2, 0) is 18.9 Å². The zero-order valence-electron chi connectivity index (χ0n) is 15.1. The van der Waals surface area contributed by atoms with Gasteiger partial charge in [-0.3, -0.25) is 14.2 Å². The summed E-state index contributed by atoms with van der Waals surface area (Å²) in [4.78, 5) is 35.7. The van der Waals surface area contributed by atoms with Gasteiger partial charge in [0.1, 0.15) is 0 Å². The number of nitrogens with zero attached hydrogens (tertiary/aromatic N) is 2. The van der Waals surface area contributed by atoms with Gasteiger partial charge >= 0.3 is 5.69 Å². The Hall–Kier alpha value is -2.11. The zero-order chi connectivity index (χ0) is 18.0. The topological polar surface area (TPSA) is 73.1 Å². The molecule has 1 rings (SSSR count). The van der Waals surface area contributed by atoms with E-state index in [0.717, 1.165) is 11.0 Å². The molecule has 1 aromatic rings. The summed E-state index contributed by atoms with van der Waals surface area (Å²) >= 11 is 0. The number of aromatic nitrogens is 2. The maximum atomic E-state index is 12.1. The van der Waals surface area contributed by atoms with E-state index in [0.29, 0.717) is 5.56 Å². The van der Waals surface area contributed by atoms with Crippen LogP contribution in [0.2, 0.25) is 0 Å². The van der Waals surface area contributed by atoms with E-state index in [1.54, 1.807) is 7.05 Å². The largest absolute Gasteiger partial charge is 0.348 e. The van der Waals surface area contributed by atoms with Crippen molar-refractivity contribution in [3.8, 4) is 0 Å². The molecule has 0 saturated carbocycles. The molecule has 0 aliphatic carbocycles. The molecule has 0 aromatic carbocycles. The molecule has 128 valence electrons. The van der Waals surface area contributed by atoms with Crippen LogP contribution in [-0.4, -0.2) is 20.6 Å². The van der Waals surface area contributed by atoms with Crippen LogP contribution in [0.1, 0.15) is 46.6 Å². The molecule has 6 nitrogen and oxygen atoms in total. The zero-order valence-corrected chi connectivity index (χ0v) is 15.1. The van der Waals surface area contributed by atoms with Crippen molar-refractivity contribution in [1.29, 1.82) is 0 Å². The predicted molar refractivity (Wildman–Crippen MR) is 92.3 cm³/mol. The average molecular weight is 321 g/mol. The second-order valence-electron chi connectivity index (χ2n) is 7.79. The van der Waals surface area contributed by atoms with E-state index in [4.69, 9.17) is 0 Å². The molecule has 23 heavy (non-hydrogen) atoms. The van der Waals surface area contributed by atoms with Gasteiger partial charge in [0, 0.05) is 31.9 Å². The van der Waals surface area contributed by atoms with Crippen LogP contribution in [0.3, 0.4) is 0 Å². The number of aryl methyl sites for hydroxylation is 1. The van der Waals surface area contributed by atoms with Crippen LogP contribution < -0.4 is 16.6 Å². The van der Waals surface area contributed by atoms with Crippen LogP contribution >= 0.6 is 0 Å². The van der Waals surface area contributed by atoms with Crippen LogP contribution in [0.4, 0.5) is 0 Å². The molecule has 0 aliphatic heterocycles. The number of nitrogens with one attached hydrogen (secondary N) is 1. The summed E-state index contributed by atoms with van der Waals surface area (Å²) in [5.74, 6) is -0.268. The minimum absolute atomic E-state index is 0.0914. The summed E-state index contributed by atoms with van der Waals surface area (Å²) in [5.41, 5.74) is -0.796. The lowest BCUT2D eigenvalue weighted by Gasteiger charge is -2.32. The summed E-state index contributed by atoms with van der Waals surface area (Å²) in [6, 6.07) is 0. The first kappa shape index (κ1) is 18.9. The molecule has 1 amide bonds. The lowest BCUT2D eigenvalue weighted by atomic mass is 9.82. The Morgan fingerprint density at radius 1 is 1.17 bits per heavy atom. The molecule has 1 heterocycles. The van der Waals surface area contributed by atoms with E-state index in [-0.39, 0.29) is 16.9 Å². The van der Waals surface area contributed by atoms with Crippen molar-refractivity contribution in [2.75, 3.05) is 0 Å². The van der Waals surface area contributed by atoms with Gasteiger partial charge in [-0.25, -0.2) is 4.79 Å². The maximum absolute atomic E-state index is 12.1. The summed E-state index contributed by atoms with van der Waals surface area (Å²) in [5, 5.41) is 2.94. The van der Waals surface area contributed by atoms with Gasteiger partial charge in [-0.2, -0.15) is 0 Å². The van der Waals surface area contributed by atoms with Gasteiger partial charge in [0.2, 0.25) is 5.91 Å². The molecule has 1 aromatic heterocycles. The van der Waals surface area contributed by atoms with Crippen molar-refractivity contribution < 1.29 is 4.79 Å². The van der Waals surface area contributed by atoms with Gasteiger partial charge < -0.3 is 9.88 Å². The van der Waals surface area contributed by atoms with Crippen molar-refractivity contribution in [2.45, 2.75) is 46.6 Å². The Morgan fingerprint density at radius 3 is 2.26 bits per heavy atom. The van der Waals surface area contributed by atoms with E-state index >= 15 is 0 Å². The molecule has 0 saturated heterocycles. The summed E-state index contributed by atoms with van der Waals surface area (Å²) < 4.78 is 2.32. The van der Waals surface area contributed by atoms with Crippen molar-refractivity contribution in [3.63, 3.8) is 0 Å². The molecule has 0 spiro atoms. The van der Waals surface area contributed by atoms with E-state index in [2.05, 4.69) is 26.1 Å². The second kappa shape index (κ2) is 6.56. The standard InChI is InChI=1S/C17H27N3O3/c1-16(2,3)11-17(4,5)18-13(21)9-8-12-10-19(6)15(23)20(7)14(12)22/h8-10H,11H2,1-7H3,(H,18,21). The number of carbonyl (C=O) groups is 1. The fourth-order valence-electron chi connectivity index (χ4n) is 2.86. The number of carbonyl (C=O) groups excluding carboxylic acids is 1. The monoisotopic (exact) mass is 321 g/mol. The fourth-order valence-corrected chi connectivity index (χ4v) is 2.86. The number of hydrogen-bond acceptors (Lipinski definition) is 3. The molecular weight excluding hydrogens is 294 g/mol. The Balaban J connectivity index is 2.93. The van der Waals surface area contributed by atoms with Gasteiger partial charge in [-0.05, 0) is 31.8 Å². The summed E-state index contributed by atoms with van der Waals surface area (Å²) in [7, 11) is 2.97. The van der Waals surface area contributed by atoms with Crippen molar-refractivity contribution in [2.24, 2.45) is 19.5 Å². The van der Waals surface area contributed by atoms with E-state index < -0.39 is 11.2 Å². The minimum atomic E-state index is -0.425. The van der Waals surface area contributed by atoms with Crippen LogP contribution in [0.15, 0.2) is 21.9 Å². The van der Waals surface area contributed by atoms with Crippen molar-refractivity contribution in [3.05, 3.63) is 38.7 Å². The molecule has 1 N–H and O–H groups in total. The maximum Gasteiger partial charge on any atom is 0.330 e. The molecule has 0 atom stereocenters. The predicted octanol–water partition coefficient (Wildman–Crippen LogP) is 1.43. The summed E-state index contributed by atoms with van der Waals surface area (Å²) in [6.07, 6.45) is 5.01. The molecule has 0 aliphatic rings. The van der Waals surface area contributed by atoms with Crippen molar-refractivity contribution in [1.82, 2.24) is 14.5 Å².